The summed E-state index contributed by atoms with van der Waals surface area (Å²) in [5.74, 6) is -0.776. The highest BCUT2D eigenvalue weighted by molar-refractivity contribution is 5.76. The van der Waals surface area contributed by atoms with Gasteiger partial charge in [-0.05, 0) is 13.8 Å². The Bertz CT molecular complexity index is 485. The number of amides is 1. The Balaban J connectivity index is 2.82. The number of nitrogens with two attached hydrogens (primary N) is 1. The van der Waals surface area contributed by atoms with E-state index in [0.29, 0.717) is 22.0 Å². The molecule has 0 aliphatic carbocycles. The zero-order chi connectivity index (χ0) is 15.5. The van der Waals surface area contributed by atoms with Crippen molar-refractivity contribution in [2.45, 2.75) is 26.6 Å². The number of carbonyl (C=O) groups is 1. The fourth-order valence-corrected chi connectivity index (χ4v) is 1.72. The minimum absolute atomic E-state index is 0.347. The molecule has 0 unspecified atom stereocenters. The number of anilines is 1. The van der Waals surface area contributed by atoms with E-state index in [4.69, 9.17) is 10.8 Å². The van der Waals surface area contributed by atoms with Crippen LogP contribution in [0.4, 0.5) is 18.9 Å². The van der Waals surface area contributed by atoms with Crippen molar-refractivity contribution in [2.75, 3.05) is 25.4 Å². The first-order valence-corrected chi connectivity index (χ1v) is 5.90. The standard InChI is InChI=1S/C11H17F3N4O2/c1-7-10(15)8(2)18(16-7)5-9(20)17(3-4-19)6-11(12,13)14/h19H,3-6,15H2,1-2H3. The molecule has 1 aromatic rings. The van der Waals surface area contributed by atoms with Crippen molar-refractivity contribution in [1.82, 2.24) is 14.7 Å². The molecular weight excluding hydrogens is 277 g/mol. The van der Waals surface area contributed by atoms with Crippen molar-refractivity contribution >= 4 is 11.6 Å². The predicted molar refractivity (Wildman–Crippen MR) is 65.8 cm³/mol. The Morgan fingerprint density at radius 3 is 2.45 bits per heavy atom. The van der Waals surface area contributed by atoms with E-state index in [0.717, 1.165) is 0 Å². The summed E-state index contributed by atoms with van der Waals surface area (Å²) in [6.07, 6.45) is -4.51. The van der Waals surface area contributed by atoms with E-state index in [1.54, 1.807) is 13.8 Å². The van der Waals surface area contributed by atoms with E-state index in [1.165, 1.54) is 4.68 Å². The van der Waals surface area contributed by atoms with Crippen molar-refractivity contribution in [3.63, 3.8) is 0 Å². The maximum atomic E-state index is 12.4. The molecule has 0 aromatic carbocycles. The van der Waals surface area contributed by atoms with Crippen LogP contribution in [0.5, 0.6) is 0 Å². The molecule has 0 atom stereocenters. The van der Waals surface area contributed by atoms with Gasteiger partial charge >= 0.3 is 6.18 Å². The van der Waals surface area contributed by atoms with E-state index in [-0.39, 0.29) is 13.1 Å². The molecule has 20 heavy (non-hydrogen) atoms. The lowest BCUT2D eigenvalue weighted by atomic mass is 10.3. The van der Waals surface area contributed by atoms with E-state index < -0.39 is 25.2 Å². The van der Waals surface area contributed by atoms with Crippen LogP contribution in [0.15, 0.2) is 0 Å². The van der Waals surface area contributed by atoms with E-state index >= 15 is 0 Å². The smallest absolute Gasteiger partial charge is 0.396 e. The van der Waals surface area contributed by atoms with E-state index in [9.17, 15) is 18.0 Å². The molecule has 1 rings (SSSR count). The van der Waals surface area contributed by atoms with Crippen LogP contribution in [-0.4, -0.2) is 51.6 Å². The van der Waals surface area contributed by atoms with E-state index in [1.807, 2.05) is 0 Å². The normalized spacial score (nSPS) is 11.7. The highest BCUT2D eigenvalue weighted by Gasteiger charge is 2.33. The molecule has 1 aromatic heterocycles. The lowest BCUT2D eigenvalue weighted by Crippen LogP contribution is -2.42. The third-order valence-corrected chi connectivity index (χ3v) is 2.82. The number of aryl methyl sites for hydroxylation is 1. The van der Waals surface area contributed by atoms with Gasteiger partial charge in [-0.3, -0.25) is 9.48 Å². The molecule has 0 radical (unpaired) electrons. The van der Waals surface area contributed by atoms with Crippen LogP contribution < -0.4 is 5.73 Å². The zero-order valence-electron chi connectivity index (χ0n) is 11.2. The van der Waals surface area contributed by atoms with Gasteiger partial charge in [0.05, 0.1) is 23.7 Å². The topological polar surface area (TPSA) is 84.4 Å². The maximum absolute atomic E-state index is 12.4. The number of hydrogen-bond donors (Lipinski definition) is 2. The predicted octanol–water partition coefficient (Wildman–Crippen LogP) is 0.465. The van der Waals surface area contributed by atoms with Crippen molar-refractivity contribution in [3.8, 4) is 0 Å². The summed E-state index contributed by atoms with van der Waals surface area (Å²) in [6, 6.07) is 0. The van der Waals surface area contributed by atoms with Gasteiger partial charge < -0.3 is 15.7 Å². The van der Waals surface area contributed by atoms with Gasteiger partial charge in [-0.2, -0.15) is 18.3 Å². The Hall–Kier alpha value is -1.77. The summed E-state index contributed by atoms with van der Waals surface area (Å²) in [5.41, 5.74) is 7.13. The average molecular weight is 294 g/mol. The zero-order valence-corrected chi connectivity index (χ0v) is 11.2. The number of aliphatic hydroxyl groups excluding tert-OH is 1. The summed E-state index contributed by atoms with van der Waals surface area (Å²) in [7, 11) is 0. The van der Waals surface area contributed by atoms with Gasteiger partial charge in [-0.15, -0.1) is 0 Å². The first kappa shape index (κ1) is 16.3. The van der Waals surface area contributed by atoms with Crippen LogP contribution in [-0.2, 0) is 11.3 Å². The highest BCUT2D eigenvalue weighted by atomic mass is 19.4. The number of alkyl halides is 3. The molecule has 1 amide bonds. The molecule has 1 heterocycles. The van der Waals surface area contributed by atoms with Crippen molar-refractivity contribution in [1.29, 1.82) is 0 Å². The summed E-state index contributed by atoms with van der Waals surface area (Å²) in [6.45, 7) is 0.600. The molecule has 9 heteroatoms. The Kier molecular flexibility index (Phi) is 4.98. The van der Waals surface area contributed by atoms with Gasteiger partial charge in [0, 0.05) is 6.54 Å². The Morgan fingerprint density at radius 1 is 1.45 bits per heavy atom. The number of nitrogen functional groups attached to an aromatic ring is 1. The molecule has 0 aliphatic heterocycles. The molecule has 0 saturated heterocycles. The van der Waals surface area contributed by atoms with Crippen molar-refractivity contribution in [3.05, 3.63) is 11.4 Å². The van der Waals surface area contributed by atoms with Crippen LogP contribution in [0.3, 0.4) is 0 Å². The Labute approximate surface area is 114 Å². The quantitative estimate of drug-likeness (QED) is 0.826. The van der Waals surface area contributed by atoms with Crippen LogP contribution in [0.1, 0.15) is 11.4 Å². The van der Waals surface area contributed by atoms with Gasteiger partial charge in [-0.1, -0.05) is 0 Å². The van der Waals surface area contributed by atoms with Crippen LogP contribution in [0, 0.1) is 13.8 Å². The fraction of sp³-hybridized carbons (Fsp3) is 0.636. The number of aliphatic hydroxyl groups is 1. The molecule has 0 spiro atoms. The van der Waals surface area contributed by atoms with Crippen LogP contribution in [0.25, 0.3) is 0 Å². The minimum atomic E-state index is -4.51. The highest BCUT2D eigenvalue weighted by Crippen LogP contribution is 2.18. The summed E-state index contributed by atoms with van der Waals surface area (Å²) in [5, 5.41) is 12.7. The SMILES string of the molecule is Cc1nn(CC(=O)N(CCO)CC(F)(F)F)c(C)c1N. The average Bonchev–Trinajstić information content (AvgIpc) is 2.55. The van der Waals surface area contributed by atoms with Gasteiger partial charge in [-0.25, -0.2) is 0 Å². The summed E-state index contributed by atoms with van der Waals surface area (Å²) >= 11 is 0. The molecule has 3 N–H and O–H groups in total. The molecule has 0 fully saturated rings. The summed E-state index contributed by atoms with van der Waals surface area (Å²) in [4.78, 5) is 12.4. The summed E-state index contributed by atoms with van der Waals surface area (Å²) < 4.78 is 38.3. The number of hydrogen-bond acceptors (Lipinski definition) is 4. The first-order valence-electron chi connectivity index (χ1n) is 5.90. The first-order chi connectivity index (χ1) is 9.15. The maximum Gasteiger partial charge on any atom is 0.406 e. The number of carbonyl (C=O) groups excluding carboxylic acids is 1. The third kappa shape index (κ3) is 4.12. The van der Waals surface area contributed by atoms with Crippen molar-refractivity contribution < 1.29 is 23.1 Å². The molecule has 0 bridgehead atoms. The second-order valence-electron chi connectivity index (χ2n) is 4.40. The Morgan fingerprint density at radius 2 is 2.05 bits per heavy atom. The molecule has 0 saturated carbocycles. The van der Waals surface area contributed by atoms with Gasteiger partial charge in [0.15, 0.2) is 0 Å². The largest absolute Gasteiger partial charge is 0.406 e. The monoisotopic (exact) mass is 294 g/mol. The van der Waals surface area contributed by atoms with Gasteiger partial charge in [0.25, 0.3) is 0 Å². The van der Waals surface area contributed by atoms with Gasteiger partial charge in [0.1, 0.15) is 13.1 Å². The molecule has 6 nitrogen and oxygen atoms in total. The minimum Gasteiger partial charge on any atom is -0.396 e. The number of rotatable bonds is 5. The number of aromatic nitrogens is 2. The lowest BCUT2D eigenvalue weighted by molar-refractivity contribution is -0.162. The molecule has 114 valence electrons. The number of nitrogens with zero attached hydrogens (tertiary/aromatic N) is 3. The number of halogens is 3. The fourth-order valence-electron chi connectivity index (χ4n) is 1.72. The third-order valence-electron chi connectivity index (χ3n) is 2.82. The molecular formula is C11H17F3N4O2. The second-order valence-corrected chi connectivity index (χ2v) is 4.40. The molecule has 0 aliphatic rings. The second kappa shape index (κ2) is 6.12. The van der Waals surface area contributed by atoms with Gasteiger partial charge in [0.2, 0.25) is 5.91 Å². The van der Waals surface area contributed by atoms with Crippen LogP contribution in [0.2, 0.25) is 0 Å². The van der Waals surface area contributed by atoms with E-state index in [2.05, 4.69) is 5.10 Å². The van der Waals surface area contributed by atoms with Crippen LogP contribution >= 0.6 is 0 Å². The lowest BCUT2D eigenvalue weighted by Gasteiger charge is -2.23. The van der Waals surface area contributed by atoms with Crippen molar-refractivity contribution in [2.24, 2.45) is 0 Å².